The molecule has 0 saturated carbocycles. The van der Waals surface area contributed by atoms with E-state index in [0.717, 1.165) is 111 Å². The first-order valence-corrected chi connectivity index (χ1v) is 48.9. The first kappa shape index (κ1) is 105. The van der Waals surface area contributed by atoms with E-state index < -0.39 is 28.7 Å². The summed E-state index contributed by atoms with van der Waals surface area (Å²) in [5, 5.41) is 13.0. The SMILES string of the molecule is CCCN(Cc1ccc(-c2cc3nccc(Oc4ccc(CC(=S)CC(=O)Cc5ccc(F)cc5)cc4F)c3s2)nc1)C(=O)OC(C)(C)C.CCCN(Cc1ccc(-c2cc3nccc(Oc4ccc(N)cc4F)c3s2)nc1)C(=O)OC(C)(C)C.CCCNCc1ccc(-c2cc3nccc(Oc4ccc(CC(=S)CC(=O)Cc5ccc(F)cc5)cc4F)c3s2)nc1.N#CSC(=O)Cc1ccc(F)cc1. The number of carbonyl (C=O) groups excluding carboxylic acids is 5. The van der Waals surface area contributed by atoms with Crippen LogP contribution < -0.4 is 25.3 Å². The molecule has 6 aromatic carbocycles. The van der Waals surface area contributed by atoms with Crippen molar-refractivity contribution in [2.75, 3.05) is 25.4 Å². The fourth-order valence-corrected chi connectivity index (χ4v) is 18.1. The number of Topliss-reactive ketones (excluding diaryl/α,β-unsaturated/α-hetero) is 2. The summed E-state index contributed by atoms with van der Waals surface area (Å²) in [6, 6.07) is 53.6. The van der Waals surface area contributed by atoms with Crippen molar-refractivity contribution in [3.05, 3.63) is 317 Å². The van der Waals surface area contributed by atoms with E-state index in [4.69, 9.17) is 59.1 Å². The number of amides is 2. The summed E-state index contributed by atoms with van der Waals surface area (Å²) in [7, 11) is 0. The highest BCUT2D eigenvalue weighted by Crippen LogP contribution is 2.44. The highest BCUT2D eigenvalue weighted by molar-refractivity contribution is 8.17. The van der Waals surface area contributed by atoms with Gasteiger partial charge in [-0.3, -0.25) is 44.3 Å². The van der Waals surface area contributed by atoms with Gasteiger partial charge in [0.15, 0.2) is 34.7 Å². The number of nitrogens with one attached hydrogen (secondary N) is 1. The van der Waals surface area contributed by atoms with E-state index in [1.54, 1.807) is 119 Å². The fraction of sp³-hybridized carbons (Fsp3) is 0.252. The zero-order valence-corrected chi connectivity index (χ0v) is 83.1. The topological polar surface area (TPSA) is 277 Å². The minimum absolute atomic E-state index is 0.0496. The van der Waals surface area contributed by atoms with Crippen LogP contribution in [0, 0.1) is 45.6 Å². The number of thiophene rings is 3. The number of nitrogens with zero attached hydrogens (tertiary/aromatic N) is 9. The predicted molar refractivity (Wildman–Crippen MR) is 549 cm³/mol. The number of pyridine rings is 6. The molecule has 0 bridgehead atoms. The molecule has 0 aliphatic carbocycles. The van der Waals surface area contributed by atoms with Gasteiger partial charge in [-0.2, -0.15) is 5.26 Å². The van der Waals surface area contributed by atoms with Gasteiger partial charge in [0.2, 0.25) is 5.12 Å². The van der Waals surface area contributed by atoms with Crippen LogP contribution in [0.25, 0.3) is 62.4 Å². The average molecular weight is 2010 g/mol. The first-order valence-electron chi connectivity index (χ1n) is 44.8. The average Bonchev–Trinajstić information content (AvgIpc) is 1.66. The number of nitrogen functional groups attached to an aromatic ring is 1. The number of carbonyl (C=O) groups is 5. The number of hydrogen-bond donors (Lipinski definition) is 2. The van der Waals surface area contributed by atoms with Crippen LogP contribution in [0.1, 0.15) is 139 Å². The Morgan fingerprint density at radius 1 is 0.414 bits per heavy atom. The zero-order chi connectivity index (χ0) is 100. The lowest BCUT2D eigenvalue weighted by Crippen LogP contribution is -2.36. The molecule has 15 rings (SSSR count). The third-order valence-electron chi connectivity index (χ3n) is 20.4. The van der Waals surface area contributed by atoms with E-state index in [9.17, 15) is 41.5 Å². The van der Waals surface area contributed by atoms with Crippen molar-refractivity contribution in [3.63, 3.8) is 0 Å². The van der Waals surface area contributed by atoms with Crippen LogP contribution in [0.4, 0.5) is 41.6 Å². The van der Waals surface area contributed by atoms with Crippen molar-refractivity contribution in [2.45, 2.75) is 157 Å². The molecular formula is C107H101F6N11O10S6. The Morgan fingerprint density at radius 2 is 0.757 bits per heavy atom. The maximum atomic E-state index is 15.2. The Hall–Kier alpha value is -13.6. The summed E-state index contributed by atoms with van der Waals surface area (Å²) in [4.78, 5) is 95.4. The number of nitrogens with two attached hydrogens (primary N) is 1. The second-order valence-electron chi connectivity index (χ2n) is 34.4. The minimum Gasteiger partial charge on any atom is -0.453 e. The molecule has 21 nitrogen and oxygen atoms in total. The molecule has 0 saturated heterocycles. The van der Waals surface area contributed by atoms with Crippen molar-refractivity contribution in [3.8, 4) is 71.6 Å². The van der Waals surface area contributed by atoms with Gasteiger partial charge >= 0.3 is 12.2 Å². The molecule has 140 heavy (non-hydrogen) atoms. The molecule has 9 aromatic heterocycles. The van der Waals surface area contributed by atoms with Gasteiger partial charge in [0.1, 0.15) is 62.9 Å². The summed E-state index contributed by atoms with van der Waals surface area (Å²) < 4.78 is 115. The maximum Gasteiger partial charge on any atom is 0.410 e. The third kappa shape index (κ3) is 32.0. The van der Waals surface area contributed by atoms with Crippen LogP contribution in [0.2, 0.25) is 0 Å². The molecule has 0 unspecified atom stereocenters. The van der Waals surface area contributed by atoms with Crippen molar-refractivity contribution in [1.82, 2.24) is 45.0 Å². The number of anilines is 1. The fourth-order valence-electron chi connectivity index (χ4n) is 14.0. The van der Waals surface area contributed by atoms with E-state index in [-0.39, 0.29) is 109 Å². The maximum absolute atomic E-state index is 15.2. The quantitative estimate of drug-likeness (QED) is 0.0123. The van der Waals surface area contributed by atoms with Crippen molar-refractivity contribution < 1.29 is 74.0 Å². The van der Waals surface area contributed by atoms with Crippen LogP contribution in [0.15, 0.2) is 237 Å². The lowest BCUT2D eigenvalue weighted by molar-refractivity contribution is -0.118. The number of ketones is 2. The molecule has 0 fully saturated rings. The molecule has 722 valence electrons. The second-order valence-corrected chi connectivity index (χ2v) is 39.6. The van der Waals surface area contributed by atoms with Crippen molar-refractivity contribution >= 4 is 145 Å². The van der Waals surface area contributed by atoms with Gasteiger partial charge in [-0.25, -0.2) is 35.9 Å². The van der Waals surface area contributed by atoms with Crippen LogP contribution in [0.5, 0.6) is 34.5 Å². The molecule has 33 heteroatoms. The summed E-state index contributed by atoms with van der Waals surface area (Å²) >= 11 is 15.8. The summed E-state index contributed by atoms with van der Waals surface area (Å²) in [5.74, 6) is -1.11. The number of nitriles is 1. The lowest BCUT2D eigenvalue weighted by atomic mass is 10.0. The summed E-state index contributed by atoms with van der Waals surface area (Å²) in [6.45, 7) is 21.0. The van der Waals surface area contributed by atoms with Crippen LogP contribution in [-0.4, -0.2) is 109 Å². The van der Waals surface area contributed by atoms with Gasteiger partial charge in [0.05, 0.1) is 75.5 Å². The molecule has 3 N–H and O–H groups in total. The number of hydrogen-bond acceptors (Lipinski definition) is 25. The molecule has 0 radical (unpaired) electrons. The number of thiocarbonyl (C=S) groups is 2. The van der Waals surface area contributed by atoms with Gasteiger partial charge in [-0.1, -0.05) is 112 Å². The lowest BCUT2D eigenvalue weighted by Gasteiger charge is -2.27. The molecule has 9 heterocycles. The molecular weight excluding hydrogens is 1910 g/mol. The van der Waals surface area contributed by atoms with Gasteiger partial charge < -0.3 is 44.5 Å². The Morgan fingerprint density at radius 3 is 1.09 bits per heavy atom. The van der Waals surface area contributed by atoms with Crippen molar-refractivity contribution in [1.29, 1.82) is 5.26 Å². The molecule has 0 aliphatic rings. The molecule has 0 atom stereocenters. The van der Waals surface area contributed by atoms with E-state index in [2.05, 4.69) is 48.2 Å². The van der Waals surface area contributed by atoms with Gasteiger partial charge in [-0.15, -0.1) is 34.0 Å². The first-order chi connectivity index (χ1) is 67.1. The Balaban J connectivity index is 0.000000178. The number of fused-ring (bicyclic) bond motifs is 3. The van der Waals surface area contributed by atoms with E-state index in [0.29, 0.717) is 98.4 Å². The van der Waals surface area contributed by atoms with Crippen LogP contribution >= 0.6 is 70.2 Å². The largest absolute Gasteiger partial charge is 0.453 e. The highest BCUT2D eigenvalue weighted by atomic mass is 32.2. The summed E-state index contributed by atoms with van der Waals surface area (Å²) in [6.07, 6.45) is 13.5. The smallest absolute Gasteiger partial charge is 0.410 e. The Kier molecular flexibility index (Phi) is 37.8. The number of ether oxygens (including phenoxy) is 5. The van der Waals surface area contributed by atoms with E-state index in [1.165, 1.54) is 107 Å². The summed E-state index contributed by atoms with van der Waals surface area (Å²) in [5.41, 5.74) is 15.7. The van der Waals surface area contributed by atoms with E-state index in [1.807, 2.05) is 110 Å². The van der Waals surface area contributed by atoms with Crippen LogP contribution in [0.3, 0.4) is 0 Å². The van der Waals surface area contributed by atoms with E-state index >= 15 is 8.78 Å². The van der Waals surface area contributed by atoms with Crippen LogP contribution in [-0.2, 0) is 75.6 Å². The molecule has 2 amide bonds. The monoisotopic (exact) mass is 2010 g/mol. The molecule has 15 aromatic rings. The Labute approximate surface area is 834 Å². The number of benzene rings is 6. The standard InChI is InChI=1S/C38H37F2N3O4S2.C33H29F2N3O2S2.C27H29FN4O3S.C9H6FNOS/c1-5-16-43(37(45)47-38(2,3)4)23-26-8-12-31(42-22-26)35-21-32-36(49-35)34(14-15-41-32)46-33-13-9-25(19-30(33)40)18-29(48)20-28(44)17-24-6-10-27(39)11-7-24;1-2-12-36-19-23-5-9-28(38-20-23)32-18-29-33(42-32)31(11-13-37-29)40-30-10-6-22(16-27(30)35)15-26(41)17-25(39)14-21-3-7-24(34)8-4-21;1-5-12-32(26(33)35-27(2,3)4)16-17-6-8-20(31-15-17)24-14-21-25(36-24)23(10-11-30-21)34-22-9-7-18(29)13-19(22)28;10-8-3-1-7(2-4-8)5-9(12)13-6-11/h6-15,19,21-22H,5,16-18,20,23H2,1-4H3;3-11,13,16,18,20,36H,2,12,14-15,17,19H2,1H3;6-11,13-15H,5,12,16,29H2,1-4H3;1-4H,5H2. The molecule has 0 spiro atoms. The van der Waals surface area contributed by atoms with Crippen molar-refractivity contribution in [2.24, 2.45) is 0 Å². The zero-order valence-electron chi connectivity index (χ0n) is 78.2. The van der Waals surface area contributed by atoms with Gasteiger partial charge in [0, 0.05) is 153 Å². The van der Waals surface area contributed by atoms with Gasteiger partial charge in [0.25, 0.3) is 0 Å². The number of halogens is 6. The third-order valence-corrected chi connectivity index (χ3v) is 24.9. The second kappa shape index (κ2) is 50.3. The number of thiocyanates is 1. The molecule has 0 aliphatic heterocycles. The minimum atomic E-state index is -0.580. The normalized spacial score (nSPS) is 11.1. The Bertz CT molecular complexity index is 6900. The predicted octanol–water partition coefficient (Wildman–Crippen LogP) is 26.9. The number of rotatable bonds is 35. The number of thioether (sulfide) groups is 1. The highest BCUT2D eigenvalue weighted by Gasteiger charge is 2.27. The number of aromatic nitrogens is 6. The van der Waals surface area contributed by atoms with Gasteiger partial charge in [-0.05, 0) is 221 Å².